The first-order valence-electron chi connectivity index (χ1n) is 8.93. The molecule has 3 aromatic rings. The number of esters is 1. The van der Waals surface area contributed by atoms with Crippen LogP contribution in [-0.4, -0.2) is 23.6 Å². The molecule has 1 heterocycles. The van der Waals surface area contributed by atoms with Gasteiger partial charge >= 0.3 is 5.97 Å². The number of carbonyl (C=O) groups excluding carboxylic acids is 2. The molecule has 140 valence electrons. The monoisotopic (exact) mass is 382 g/mol. The summed E-state index contributed by atoms with van der Waals surface area (Å²) in [5.41, 5.74) is 1.99. The number of nitrogens with zero attached hydrogens (tertiary/aromatic N) is 2. The molecule has 1 aromatic heterocycles. The maximum Gasteiger partial charge on any atom is 0.328 e. The molecule has 2 aromatic carbocycles. The molecule has 1 amide bonds. The highest BCUT2D eigenvalue weighted by Gasteiger charge is 2.23. The van der Waals surface area contributed by atoms with E-state index in [-0.39, 0.29) is 11.9 Å². The molecule has 0 spiro atoms. The minimum absolute atomic E-state index is 0.195. The van der Waals surface area contributed by atoms with E-state index in [0.717, 1.165) is 15.8 Å². The molecule has 0 aliphatic carbocycles. The summed E-state index contributed by atoms with van der Waals surface area (Å²) in [6.45, 7) is 1.92. The number of para-hydroxylation sites is 1. The Kier molecular flexibility index (Phi) is 6.19. The molecule has 0 radical (unpaired) electrons. The molecule has 1 atom stereocenters. The lowest BCUT2D eigenvalue weighted by Gasteiger charge is -2.15. The molecule has 0 aliphatic rings. The smallest absolute Gasteiger partial charge is 0.328 e. The molecular formula is C21H22N2O3S. The SMILES string of the molecule is CCC(C(=O)OC)n1/c(=N/C(=O)CCc2ccccc2)sc2ccccc21. The van der Waals surface area contributed by atoms with Crippen LogP contribution >= 0.6 is 11.3 Å². The second-order valence-electron chi connectivity index (χ2n) is 6.16. The molecular weight excluding hydrogens is 360 g/mol. The fourth-order valence-corrected chi connectivity index (χ4v) is 4.11. The molecule has 27 heavy (non-hydrogen) atoms. The number of ether oxygens (including phenoxy) is 1. The number of methoxy groups -OCH3 is 1. The summed E-state index contributed by atoms with van der Waals surface area (Å²) in [7, 11) is 1.38. The van der Waals surface area contributed by atoms with Gasteiger partial charge in [0.05, 0.1) is 17.3 Å². The van der Waals surface area contributed by atoms with Gasteiger partial charge in [-0.05, 0) is 30.5 Å². The number of carbonyl (C=O) groups is 2. The zero-order chi connectivity index (χ0) is 19.2. The Morgan fingerprint density at radius 3 is 2.52 bits per heavy atom. The van der Waals surface area contributed by atoms with Crippen molar-refractivity contribution >= 4 is 33.4 Å². The first-order chi connectivity index (χ1) is 13.1. The van der Waals surface area contributed by atoms with Crippen LogP contribution < -0.4 is 4.80 Å². The van der Waals surface area contributed by atoms with Crippen LogP contribution in [0.15, 0.2) is 59.6 Å². The van der Waals surface area contributed by atoms with Crippen LogP contribution in [0.1, 0.15) is 31.4 Å². The summed E-state index contributed by atoms with van der Waals surface area (Å²) in [5, 5.41) is 0. The number of fused-ring (bicyclic) bond motifs is 1. The van der Waals surface area contributed by atoms with Crippen LogP contribution in [0.25, 0.3) is 10.2 Å². The Balaban J connectivity index is 1.97. The number of hydrogen-bond donors (Lipinski definition) is 0. The van der Waals surface area contributed by atoms with Crippen LogP contribution in [0.3, 0.4) is 0 Å². The van der Waals surface area contributed by atoms with E-state index in [4.69, 9.17) is 4.74 Å². The number of amides is 1. The van der Waals surface area contributed by atoms with Crippen molar-refractivity contribution in [2.75, 3.05) is 7.11 Å². The third kappa shape index (κ3) is 4.34. The van der Waals surface area contributed by atoms with E-state index in [1.807, 2.05) is 66.1 Å². The highest BCUT2D eigenvalue weighted by atomic mass is 32.1. The van der Waals surface area contributed by atoms with Crippen molar-refractivity contribution in [1.29, 1.82) is 0 Å². The minimum Gasteiger partial charge on any atom is -0.467 e. The third-order valence-corrected chi connectivity index (χ3v) is 5.43. The van der Waals surface area contributed by atoms with E-state index < -0.39 is 6.04 Å². The van der Waals surface area contributed by atoms with Crippen LogP contribution in [0.5, 0.6) is 0 Å². The Bertz CT molecular complexity index is 1000. The summed E-state index contributed by atoms with van der Waals surface area (Å²) in [6.07, 6.45) is 1.52. The van der Waals surface area contributed by atoms with Gasteiger partial charge < -0.3 is 9.30 Å². The van der Waals surface area contributed by atoms with Gasteiger partial charge in [-0.2, -0.15) is 4.99 Å². The van der Waals surface area contributed by atoms with E-state index in [9.17, 15) is 9.59 Å². The lowest BCUT2D eigenvalue weighted by Crippen LogP contribution is -2.28. The third-order valence-electron chi connectivity index (χ3n) is 4.39. The first kappa shape index (κ1) is 19.0. The lowest BCUT2D eigenvalue weighted by atomic mass is 10.1. The summed E-state index contributed by atoms with van der Waals surface area (Å²) in [6, 6.07) is 17.1. The van der Waals surface area contributed by atoms with Gasteiger partial charge in [0, 0.05) is 6.42 Å². The van der Waals surface area contributed by atoms with Crippen molar-refractivity contribution in [3.63, 3.8) is 0 Å². The highest BCUT2D eigenvalue weighted by molar-refractivity contribution is 7.16. The summed E-state index contributed by atoms with van der Waals surface area (Å²) < 4.78 is 7.77. The number of benzene rings is 2. The van der Waals surface area contributed by atoms with Crippen molar-refractivity contribution in [3.05, 3.63) is 65.0 Å². The van der Waals surface area contributed by atoms with Crippen LogP contribution in [0, 0.1) is 0 Å². The largest absolute Gasteiger partial charge is 0.467 e. The molecule has 0 saturated carbocycles. The average Bonchev–Trinajstić information content (AvgIpc) is 3.05. The second kappa shape index (κ2) is 8.77. The zero-order valence-corrected chi connectivity index (χ0v) is 16.2. The van der Waals surface area contributed by atoms with Gasteiger partial charge in [0.1, 0.15) is 6.04 Å². The van der Waals surface area contributed by atoms with Gasteiger partial charge in [-0.1, -0.05) is 60.7 Å². The highest BCUT2D eigenvalue weighted by Crippen LogP contribution is 2.23. The number of thiazole rings is 1. The van der Waals surface area contributed by atoms with Crippen molar-refractivity contribution < 1.29 is 14.3 Å². The minimum atomic E-state index is -0.508. The van der Waals surface area contributed by atoms with E-state index in [1.165, 1.54) is 18.4 Å². The van der Waals surface area contributed by atoms with Gasteiger partial charge in [-0.3, -0.25) is 4.79 Å². The fourth-order valence-electron chi connectivity index (χ4n) is 3.02. The van der Waals surface area contributed by atoms with E-state index in [0.29, 0.717) is 24.1 Å². The Labute approximate surface area is 161 Å². The number of aromatic nitrogens is 1. The maximum absolute atomic E-state index is 12.5. The zero-order valence-electron chi connectivity index (χ0n) is 15.4. The van der Waals surface area contributed by atoms with Crippen LogP contribution in [-0.2, 0) is 20.7 Å². The van der Waals surface area contributed by atoms with Crippen molar-refractivity contribution in [2.45, 2.75) is 32.2 Å². The molecule has 0 N–H and O–H groups in total. The summed E-state index contributed by atoms with van der Waals surface area (Å²) in [4.78, 5) is 29.6. The van der Waals surface area contributed by atoms with Gasteiger partial charge in [0.2, 0.25) is 5.91 Å². The first-order valence-corrected chi connectivity index (χ1v) is 9.75. The standard InChI is InChI=1S/C21H22N2O3S/c1-3-16(20(25)26-2)23-17-11-7-8-12-18(17)27-21(23)22-19(24)14-13-15-9-5-4-6-10-15/h4-12,16H,3,13-14H2,1-2H3/b22-21-. The van der Waals surface area contributed by atoms with Gasteiger partial charge in [0.25, 0.3) is 0 Å². The molecule has 0 aliphatic heterocycles. The quantitative estimate of drug-likeness (QED) is 0.608. The predicted molar refractivity (Wildman–Crippen MR) is 106 cm³/mol. The lowest BCUT2D eigenvalue weighted by molar-refractivity contribution is -0.144. The summed E-state index contributed by atoms with van der Waals surface area (Å²) in [5.74, 6) is -0.530. The van der Waals surface area contributed by atoms with Crippen LogP contribution in [0.4, 0.5) is 0 Å². The van der Waals surface area contributed by atoms with Gasteiger partial charge in [0.15, 0.2) is 4.80 Å². The van der Waals surface area contributed by atoms with Crippen molar-refractivity contribution in [2.24, 2.45) is 4.99 Å². The summed E-state index contributed by atoms with van der Waals surface area (Å²) >= 11 is 1.41. The van der Waals surface area contributed by atoms with E-state index in [2.05, 4.69) is 4.99 Å². The normalized spacial score (nSPS) is 12.9. The molecule has 3 rings (SSSR count). The molecule has 0 fully saturated rings. The number of aryl methyl sites for hydroxylation is 1. The van der Waals surface area contributed by atoms with E-state index in [1.54, 1.807) is 0 Å². The average molecular weight is 382 g/mol. The fraction of sp³-hybridized carbons (Fsp3) is 0.286. The Morgan fingerprint density at radius 1 is 1.11 bits per heavy atom. The Hall–Kier alpha value is -2.73. The number of rotatable bonds is 6. The van der Waals surface area contributed by atoms with Gasteiger partial charge in [-0.15, -0.1) is 0 Å². The molecule has 0 saturated heterocycles. The maximum atomic E-state index is 12.5. The molecule has 6 heteroatoms. The topological polar surface area (TPSA) is 60.7 Å². The molecule has 1 unspecified atom stereocenters. The van der Waals surface area contributed by atoms with E-state index >= 15 is 0 Å². The molecule has 5 nitrogen and oxygen atoms in total. The second-order valence-corrected chi connectivity index (χ2v) is 7.17. The van der Waals surface area contributed by atoms with Crippen molar-refractivity contribution in [3.8, 4) is 0 Å². The predicted octanol–water partition coefficient (Wildman–Crippen LogP) is 3.89. The Morgan fingerprint density at radius 2 is 1.81 bits per heavy atom. The molecule has 0 bridgehead atoms. The van der Waals surface area contributed by atoms with Crippen molar-refractivity contribution in [1.82, 2.24) is 4.57 Å². The number of hydrogen-bond acceptors (Lipinski definition) is 4. The van der Waals surface area contributed by atoms with Crippen LogP contribution in [0.2, 0.25) is 0 Å². The van der Waals surface area contributed by atoms with Gasteiger partial charge in [-0.25, -0.2) is 4.79 Å².